The van der Waals surface area contributed by atoms with Crippen molar-refractivity contribution in [1.29, 1.82) is 0 Å². The molecule has 0 unspecified atom stereocenters. The van der Waals surface area contributed by atoms with E-state index in [0.29, 0.717) is 5.56 Å². The van der Waals surface area contributed by atoms with E-state index in [-0.39, 0.29) is 36.9 Å². The van der Waals surface area contributed by atoms with Crippen LogP contribution in [-0.2, 0) is 4.79 Å². The van der Waals surface area contributed by atoms with Gasteiger partial charge in [-0.1, -0.05) is 11.8 Å². The summed E-state index contributed by atoms with van der Waals surface area (Å²) >= 11 is 1.34. The van der Waals surface area contributed by atoms with Crippen LogP contribution in [0.4, 0.5) is 0 Å². The molecule has 2 amide bonds. The van der Waals surface area contributed by atoms with E-state index in [1.807, 2.05) is 20.8 Å². The van der Waals surface area contributed by atoms with Crippen molar-refractivity contribution in [2.24, 2.45) is 0 Å². The molecule has 1 aromatic rings. The van der Waals surface area contributed by atoms with E-state index < -0.39 is 0 Å². The van der Waals surface area contributed by atoms with Crippen LogP contribution in [0.25, 0.3) is 0 Å². The Labute approximate surface area is 128 Å². The van der Waals surface area contributed by atoms with Crippen molar-refractivity contribution in [2.45, 2.75) is 32.7 Å². The molecule has 0 bridgehead atoms. The van der Waals surface area contributed by atoms with Gasteiger partial charge in [-0.15, -0.1) is 11.3 Å². The van der Waals surface area contributed by atoms with Gasteiger partial charge in [-0.05, 0) is 26.8 Å². The molecule has 0 aliphatic carbocycles. The van der Waals surface area contributed by atoms with Crippen LogP contribution in [0, 0.1) is 11.8 Å². The number of rotatable bonds is 4. The molecule has 0 aliphatic rings. The Balaban J connectivity index is 2.40. The summed E-state index contributed by atoms with van der Waals surface area (Å²) in [5.41, 5.74) is 0.243. The molecule has 6 heteroatoms. The van der Waals surface area contributed by atoms with Gasteiger partial charge in [0.15, 0.2) is 0 Å². The van der Waals surface area contributed by atoms with Gasteiger partial charge in [-0.3, -0.25) is 9.59 Å². The maximum Gasteiger partial charge on any atom is 0.252 e. The van der Waals surface area contributed by atoms with Gasteiger partial charge in [0.1, 0.15) is 6.61 Å². The lowest BCUT2D eigenvalue weighted by Gasteiger charge is -2.20. The van der Waals surface area contributed by atoms with Crippen LogP contribution in [0.3, 0.4) is 0 Å². The number of nitrogens with one attached hydrogen (secondary N) is 2. The first-order valence-corrected chi connectivity index (χ1v) is 7.47. The molecule has 0 saturated carbocycles. The van der Waals surface area contributed by atoms with E-state index in [1.165, 1.54) is 11.3 Å². The molecular weight excluding hydrogens is 288 g/mol. The van der Waals surface area contributed by atoms with E-state index in [4.69, 9.17) is 5.11 Å². The number of hydrogen-bond acceptors (Lipinski definition) is 4. The fourth-order valence-corrected chi connectivity index (χ4v) is 2.27. The predicted octanol–water partition coefficient (Wildman–Crippen LogP) is 1.13. The monoisotopic (exact) mass is 308 g/mol. The van der Waals surface area contributed by atoms with Gasteiger partial charge in [-0.2, -0.15) is 0 Å². The van der Waals surface area contributed by atoms with E-state index in [9.17, 15) is 9.59 Å². The van der Waals surface area contributed by atoms with Gasteiger partial charge < -0.3 is 15.7 Å². The summed E-state index contributed by atoms with van der Waals surface area (Å²) < 4.78 is 0. The van der Waals surface area contributed by atoms with Crippen molar-refractivity contribution in [3.8, 4) is 11.8 Å². The minimum atomic E-state index is -0.269. The second kappa shape index (κ2) is 7.81. The van der Waals surface area contributed by atoms with Gasteiger partial charge in [0, 0.05) is 23.9 Å². The Morgan fingerprint density at radius 1 is 1.38 bits per heavy atom. The van der Waals surface area contributed by atoms with E-state index in [1.54, 1.807) is 11.4 Å². The molecule has 0 spiro atoms. The summed E-state index contributed by atoms with van der Waals surface area (Å²) in [5, 5.41) is 15.8. The zero-order chi connectivity index (χ0) is 15.9. The molecule has 3 N–H and O–H groups in total. The van der Waals surface area contributed by atoms with Crippen LogP contribution in [0.15, 0.2) is 11.4 Å². The number of aliphatic hydroxyl groups excluding tert-OH is 1. The zero-order valence-corrected chi connectivity index (χ0v) is 13.3. The topological polar surface area (TPSA) is 78.4 Å². The summed E-state index contributed by atoms with van der Waals surface area (Å²) in [7, 11) is 0. The van der Waals surface area contributed by atoms with Crippen LogP contribution in [0.2, 0.25) is 0 Å². The first kappa shape index (κ1) is 17.2. The molecule has 0 fully saturated rings. The van der Waals surface area contributed by atoms with E-state index in [2.05, 4.69) is 22.5 Å². The number of carbonyl (C=O) groups is 2. The van der Waals surface area contributed by atoms with Gasteiger partial charge in [0.05, 0.1) is 10.4 Å². The molecule has 0 saturated heterocycles. The number of amides is 2. The number of carbonyl (C=O) groups excluding carboxylic acids is 2. The van der Waals surface area contributed by atoms with E-state index >= 15 is 0 Å². The highest BCUT2D eigenvalue weighted by atomic mass is 32.1. The minimum Gasteiger partial charge on any atom is -0.384 e. The molecule has 21 heavy (non-hydrogen) atoms. The maximum absolute atomic E-state index is 11.9. The molecule has 1 heterocycles. The fraction of sp³-hybridized carbons (Fsp3) is 0.467. The van der Waals surface area contributed by atoms with Crippen molar-refractivity contribution < 1.29 is 14.7 Å². The van der Waals surface area contributed by atoms with E-state index in [0.717, 1.165) is 4.88 Å². The Kier molecular flexibility index (Phi) is 6.40. The third-order valence-electron chi connectivity index (χ3n) is 2.30. The minimum absolute atomic E-state index is 0.0948. The average Bonchev–Trinajstić information content (AvgIpc) is 2.82. The van der Waals surface area contributed by atoms with Crippen molar-refractivity contribution >= 4 is 23.2 Å². The second-order valence-corrected chi connectivity index (χ2v) is 6.37. The highest BCUT2D eigenvalue weighted by Gasteiger charge is 2.14. The summed E-state index contributed by atoms with van der Waals surface area (Å²) in [6.45, 7) is 5.80. The van der Waals surface area contributed by atoms with Crippen molar-refractivity contribution in [2.75, 3.05) is 13.2 Å². The normalized spacial score (nSPS) is 10.5. The van der Waals surface area contributed by atoms with Crippen molar-refractivity contribution in [3.63, 3.8) is 0 Å². The molecule has 5 nitrogen and oxygen atoms in total. The Morgan fingerprint density at radius 2 is 2.10 bits per heavy atom. The van der Waals surface area contributed by atoms with Crippen LogP contribution in [0.1, 0.15) is 42.4 Å². The lowest BCUT2D eigenvalue weighted by atomic mass is 10.1. The highest BCUT2D eigenvalue weighted by molar-refractivity contribution is 7.10. The Hall–Kier alpha value is -1.84. The smallest absolute Gasteiger partial charge is 0.252 e. The van der Waals surface area contributed by atoms with Gasteiger partial charge in [0.2, 0.25) is 5.91 Å². The molecule has 1 rings (SSSR count). The SMILES string of the molecule is CC(C)(C)NC(=O)CCNC(=O)c1csc(C#CCO)c1. The van der Waals surface area contributed by atoms with Crippen LogP contribution in [-0.4, -0.2) is 35.6 Å². The molecular formula is C15H20N2O3S. The molecule has 0 radical (unpaired) electrons. The van der Waals surface area contributed by atoms with Gasteiger partial charge in [0.25, 0.3) is 5.91 Å². The van der Waals surface area contributed by atoms with Crippen LogP contribution < -0.4 is 10.6 Å². The second-order valence-electron chi connectivity index (χ2n) is 5.46. The number of hydrogen-bond donors (Lipinski definition) is 3. The third-order valence-corrected chi connectivity index (χ3v) is 3.15. The molecule has 0 aliphatic heterocycles. The largest absolute Gasteiger partial charge is 0.384 e. The predicted molar refractivity (Wildman–Crippen MR) is 83.1 cm³/mol. The number of thiophene rings is 1. The van der Waals surface area contributed by atoms with Gasteiger partial charge >= 0.3 is 0 Å². The average molecular weight is 308 g/mol. The lowest BCUT2D eigenvalue weighted by molar-refractivity contribution is -0.122. The van der Waals surface area contributed by atoms with Crippen molar-refractivity contribution in [1.82, 2.24) is 10.6 Å². The third kappa shape index (κ3) is 6.93. The lowest BCUT2D eigenvalue weighted by Crippen LogP contribution is -2.41. The first-order chi connectivity index (χ1) is 9.81. The molecule has 0 atom stereocenters. The van der Waals surface area contributed by atoms with Gasteiger partial charge in [-0.25, -0.2) is 0 Å². The quantitative estimate of drug-likeness (QED) is 0.730. The Morgan fingerprint density at radius 3 is 2.71 bits per heavy atom. The summed E-state index contributed by atoms with van der Waals surface area (Å²) in [4.78, 5) is 24.2. The first-order valence-electron chi connectivity index (χ1n) is 6.59. The fourth-order valence-electron chi connectivity index (χ4n) is 1.52. The molecule has 0 aromatic carbocycles. The zero-order valence-electron chi connectivity index (χ0n) is 12.4. The number of aliphatic hydroxyl groups is 1. The van der Waals surface area contributed by atoms with Crippen LogP contribution >= 0.6 is 11.3 Å². The molecule has 1 aromatic heterocycles. The summed E-state index contributed by atoms with van der Waals surface area (Å²) in [6.07, 6.45) is 0.240. The Bertz CT molecular complexity index is 561. The maximum atomic E-state index is 11.9. The highest BCUT2D eigenvalue weighted by Crippen LogP contribution is 2.13. The van der Waals surface area contributed by atoms with Crippen molar-refractivity contribution in [3.05, 3.63) is 21.9 Å². The molecule has 114 valence electrons. The summed E-state index contributed by atoms with van der Waals surface area (Å²) in [5.74, 6) is 4.95. The standard InChI is InChI=1S/C15H20N2O3S/c1-15(2,3)17-13(19)6-7-16-14(20)11-9-12(21-10-11)5-4-8-18/h9-10,18H,6-8H2,1-3H3,(H,16,20)(H,17,19). The van der Waals surface area contributed by atoms with Crippen LogP contribution in [0.5, 0.6) is 0 Å². The summed E-state index contributed by atoms with van der Waals surface area (Å²) in [6, 6.07) is 1.66.